The minimum Gasteiger partial charge on any atom is -0.343 e. The van der Waals surface area contributed by atoms with Gasteiger partial charge in [0.15, 0.2) is 0 Å². The molecule has 1 fully saturated rings. The van der Waals surface area contributed by atoms with Crippen LogP contribution in [0.25, 0.3) is 0 Å². The molecule has 3 heteroatoms. The standard InChI is InChI=1S/C11H22N2O/c1-4-6-13(5-2)11(14)10-8-12-7-9(10)3/h9-10,12H,4-8H2,1-3H3/t9-,10-/m1/s1. The third-order valence-corrected chi connectivity index (χ3v) is 3.02. The number of amides is 1. The van der Waals surface area contributed by atoms with Gasteiger partial charge in [-0.25, -0.2) is 0 Å². The summed E-state index contributed by atoms with van der Waals surface area (Å²) >= 11 is 0. The maximum absolute atomic E-state index is 12.1. The summed E-state index contributed by atoms with van der Waals surface area (Å²) in [5.41, 5.74) is 0. The lowest BCUT2D eigenvalue weighted by atomic mass is 9.96. The fourth-order valence-corrected chi connectivity index (χ4v) is 2.07. The highest BCUT2D eigenvalue weighted by Gasteiger charge is 2.31. The third kappa shape index (κ3) is 2.47. The van der Waals surface area contributed by atoms with Crippen molar-refractivity contribution in [3.05, 3.63) is 0 Å². The lowest BCUT2D eigenvalue weighted by Crippen LogP contribution is -2.39. The van der Waals surface area contributed by atoms with E-state index in [0.717, 1.165) is 32.6 Å². The Bertz CT molecular complexity index is 194. The van der Waals surface area contributed by atoms with E-state index in [0.29, 0.717) is 11.8 Å². The van der Waals surface area contributed by atoms with Crippen molar-refractivity contribution >= 4 is 5.91 Å². The molecule has 0 unspecified atom stereocenters. The van der Waals surface area contributed by atoms with Crippen LogP contribution in [0.1, 0.15) is 27.2 Å². The van der Waals surface area contributed by atoms with Crippen LogP contribution >= 0.6 is 0 Å². The first-order valence-electron chi connectivity index (χ1n) is 5.70. The van der Waals surface area contributed by atoms with E-state index < -0.39 is 0 Å². The molecule has 1 heterocycles. The number of carbonyl (C=O) groups excluding carboxylic acids is 1. The second-order valence-corrected chi connectivity index (χ2v) is 4.16. The number of hydrogen-bond donors (Lipinski definition) is 1. The Labute approximate surface area is 86.9 Å². The predicted molar refractivity (Wildman–Crippen MR) is 58.1 cm³/mol. The van der Waals surface area contributed by atoms with Crippen molar-refractivity contribution in [2.24, 2.45) is 11.8 Å². The Morgan fingerprint density at radius 2 is 2.14 bits per heavy atom. The van der Waals surface area contributed by atoms with E-state index in [1.807, 2.05) is 4.90 Å². The third-order valence-electron chi connectivity index (χ3n) is 3.02. The molecule has 14 heavy (non-hydrogen) atoms. The second kappa shape index (κ2) is 5.35. The molecule has 1 saturated heterocycles. The van der Waals surface area contributed by atoms with Crippen molar-refractivity contribution in [3.63, 3.8) is 0 Å². The average Bonchev–Trinajstić information content (AvgIpc) is 2.59. The summed E-state index contributed by atoms with van der Waals surface area (Å²) in [5, 5.41) is 3.28. The zero-order valence-corrected chi connectivity index (χ0v) is 9.55. The van der Waals surface area contributed by atoms with Crippen LogP contribution in [0, 0.1) is 11.8 Å². The Balaban J connectivity index is 2.52. The molecule has 82 valence electrons. The van der Waals surface area contributed by atoms with Gasteiger partial charge in [0.25, 0.3) is 0 Å². The minimum atomic E-state index is 0.210. The second-order valence-electron chi connectivity index (χ2n) is 4.16. The van der Waals surface area contributed by atoms with Gasteiger partial charge in [-0.05, 0) is 25.8 Å². The van der Waals surface area contributed by atoms with Gasteiger partial charge >= 0.3 is 0 Å². The monoisotopic (exact) mass is 198 g/mol. The lowest BCUT2D eigenvalue weighted by molar-refractivity contribution is -0.135. The highest BCUT2D eigenvalue weighted by molar-refractivity contribution is 5.79. The van der Waals surface area contributed by atoms with Crippen molar-refractivity contribution in [1.29, 1.82) is 0 Å². The average molecular weight is 198 g/mol. The van der Waals surface area contributed by atoms with E-state index in [-0.39, 0.29) is 5.92 Å². The van der Waals surface area contributed by atoms with Gasteiger partial charge < -0.3 is 10.2 Å². The molecule has 0 aromatic carbocycles. The van der Waals surface area contributed by atoms with Crippen LogP contribution in [-0.2, 0) is 4.79 Å². The van der Waals surface area contributed by atoms with Crippen molar-refractivity contribution in [3.8, 4) is 0 Å². The Morgan fingerprint density at radius 3 is 2.57 bits per heavy atom. The van der Waals surface area contributed by atoms with E-state index in [4.69, 9.17) is 0 Å². The van der Waals surface area contributed by atoms with Crippen LogP contribution in [0.5, 0.6) is 0 Å². The summed E-state index contributed by atoms with van der Waals surface area (Å²) in [6.45, 7) is 9.92. The van der Waals surface area contributed by atoms with Crippen LogP contribution in [-0.4, -0.2) is 37.0 Å². The molecule has 3 nitrogen and oxygen atoms in total. The Morgan fingerprint density at radius 1 is 1.43 bits per heavy atom. The smallest absolute Gasteiger partial charge is 0.227 e. The van der Waals surface area contributed by atoms with E-state index in [2.05, 4.69) is 26.1 Å². The molecule has 0 radical (unpaired) electrons. The van der Waals surface area contributed by atoms with Crippen molar-refractivity contribution in [2.75, 3.05) is 26.2 Å². The van der Waals surface area contributed by atoms with Crippen LogP contribution in [0.3, 0.4) is 0 Å². The molecule has 0 saturated carbocycles. The van der Waals surface area contributed by atoms with Crippen LogP contribution in [0.2, 0.25) is 0 Å². The molecular weight excluding hydrogens is 176 g/mol. The quantitative estimate of drug-likeness (QED) is 0.733. The Hall–Kier alpha value is -0.570. The number of nitrogens with zero attached hydrogens (tertiary/aromatic N) is 1. The van der Waals surface area contributed by atoms with E-state index in [1.165, 1.54) is 0 Å². The van der Waals surface area contributed by atoms with Crippen LogP contribution in [0.4, 0.5) is 0 Å². The summed E-state index contributed by atoms with van der Waals surface area (Å²) in [6, 6.07) is 0. The molecule has 0 aromatic rings. The fourth-order valence-electron chi connectivity index (χ4n) is 2.07. The van der Waals surface area contributed by atoms with Gasteiger partial charge in [0.2, 0.25) is 5.91 Å². The van der Waals surface area contributed by atoms with Gasteiger partial charge in [-0.3, -0.25) is 4.79 Å². The largest absolute Gasteiger partial charge is 0.343 e. The first-order valence-corrected chi connectivity index (χ1v) is 5.70. The predicted octanol–water partition coefficient (Wildman–Crippen LogP) is 1.10. The van der Waals surface area contributed by atoms with Gasteiger partial charge in [0.1, 0.15) is 0 Å². The number of rotatable bonds is 4. The van der Waals surface area contributed by atoms with Crippen molar-refractivity contribution in [1.82, 2.24) is 10.2 Å². The normalized spacial score (nSPS) is 26.5. The number of hydrogen-bond acceptors (Lipinski definition) is 2. The molecule has 0 aliphatic carbocycles. The van der Waals surface area contributed by atoms with Crippen molar-refractivity contribution < 1.29 is 4.79 Å². The van der Waals surface area contributed by atoms with Gasteiger partial charge in [0.05, 0.1) is 5.92 Å². The molecule has 0 aromatic heterocycles. The summed E-state index contributed by atoms with van der Waals surface area (Å²) in [5.74, 6) is 1.04. The first kappa shape index (κ1) is 11.5. The van der Waals surface area contributed by atoms with Crippen molar-refractivity contribution in [2.45, 2.75) is 27.2 Å². The first-order chi connectivity index (χ1) is 6.70. The molecular formula is C11H22N2O. The summed E-state index contributed by atoms with van der Waals surface area (Å²) in [4.78, 5) is 14.0. The molecule has 1 rings (SSSR count). The maximum Gasteiger partial charge on any atom is 0.227 e. The SMILES string of the molecule is CCCN(CC)C(=O)[C@@H]1CNC[C@H]1C. The number of nitrogens with one attached hydrogen (secondary N) is 1. The Kier molecular flexibility index (Phi) is 4.39. The molecule has 2 atom stereocenters. The molecule has 1 aliphatic rings. The molecule has 0 bridgehead atoms. The van der Waals surface area contributed by atoms with Gasteiger partial charge in [0, 0.05) is 19.6 Å². The molecule has 1 N–H and O–H groups in total. The van der Waals surface area contributed by atoms with Gasteiger partial charge in [-0.1, -0.05) is 13.8 Å². The topological polar surface area (TPSA) is 32.3 Å². The zero-order chi connectivity index (χ0) is 10.6. The minimum absolute atomic E-state index is 0.210. The summed E-state index contributed by atoms with van der Waals surface area (Å²) in [7, 11) is 0. The van der Waals surface area contributed by atoms with Gasteiger partial charge in [-0.2, -0.15) is 0 Å². The zero-order valence-electron chi connectivity index (χ0n) is 9.55. The van der Waals surface area contributed by atoms with Crippen LogP contribution < -0.4 is 5.32 Å². The summed E-state index contributed by atoms with van der Waals surface area (Å²) < 4.78 is 0. The van der Waals surface area contributed by atoms with Gasteiger partial charge in [-0.15, -0.1) is 0 Å². The molecule has 1 amide bonds. The molecule has 1 aliphatic heterocycles. The fraction of sp³-hybridized carbons (Fsp3) is 0.909. The van der Waals surface area contributed by atoms with Crippen LogP contribution in [0.15, 0.2) is 0 Å². The van der Waals surface area contributed by atoms with E-state index in [1.54, 1.807) is 0 Å². The number of carbonyl (C=O) groups is 1. The maximum atomic E-state index is 12.1. The highest BCUT2D eigenvalue weighted by Crippen LogP contribution is 2.18. The summed E-state index contributed by atoms with van der Waals surface area (Å²) in [6.07, 6.45) is 1.05. The van der Waals surface area contributed by atoms with E-state index in [9.17, 15) is 4.79 Å². The highest BCUT2D eigenvalue weighted by atomic mass is 16.2. The molecule has 0 spiro atoms. The lowest BCUT2D eigenvalue weighted by Gasteiger charge is -2.25. The van der Waals surface area contributed by atoms with E-state index >= 15 is 0 Å².